The molecule has 21 heavy (non-hydrogen) atoms. The largest absolute Gasteiger partial charge is 0.484 e. The third kappa shape index (κ3) is 6.62. The highest BCUT2D eigenvalue weighted by Gasteiger charge is 2.14. The minimum atomic E-state index is -1.15. The van der Waals surface area contributed by atoms with E-state index in [0.717, 1.165) is 0 Å². The summed E-state index contributed by atoms with van der Waals surface area (Å²) in [6.07, 6.45) is 0. The van der Waals surface area contributed by atoms with E-state index in [4.69, 9.17) is 21.4 Å². The molecule has 0 radical (unpaired) electrons. The molecule has 114 valence electrons. The van der Waals surface area contributed by atoms with Gasteiger partial charge in [-0.25, -0.2) is 0 Å². The molecule has 0 aliphatic heterocycles. The molecule has 0 aliphatic carbocycles. The SMILES string of the molecule is CC(NC(=O)CNC(=O)COc1ccc(Cl)cc1)C(=O)O. The summed E-state index contributed by atoms with van der Waals surface area (Å²) >= 11 is 5.70. The average molecular weight is 315 g/mol. The molecule has 1 aromatic rings. The number of rotatable bonds is 7. The van der Waals surface area contributed by atoms with Crippen LogP contribution in [0.25, 0.3) is 0 Å². The van der Waals surface area contributed by atoms with Gasteiger partial charge in [-0.3, -0.25) is 14.4 Å². The van der Waals surface area contributed by atoms with Gasteiger partial charge in [0.2, 0.25) is 5.91 Å². The van der Waals surface area contributed by atoms with Crippen LogP contribution in [0.15, 0.2) is 24.3 Å². The van der Waals surface area contributed by atoms with Crippen molar-refractivity contribution in [3.05, 3.63) is 29.3 Å². The second kappa shape index (κ2) is 8.11. The number of hydrogen-bond acceptors (Lipinski definition) is 4. The van der Waals surface area contributed by atoms with E-state index >= 15 is 0 Å². The van der Waals surface area contributed by atoms with Gasteiger partial charge in [-0.05, 0) is 31.2 Å². The first kappa shape index (κ1) is 16.8. The Hall–Kier alpha value is -2.28. The van der Waals surface area contributed by atoms with Crippen molar-refractivity contribution in [2.24, 2.45) is 0 Å². The second-order valence-corrected chi connectivity index (χ2v) is 4.58. The fourth-order valence-corrected chi connectivity index (χ4v) is 1.39. The molecule has 0 aromatic heterocycles. The lowest BCUT2D eigenvalue weighted by Gasteiger charge is -2.10. The predicted octanol–water partition coefficient (Wildman–Crippen LogP) is 0.424. The van der Waals surface area contributed by atoms with E-state index in [2.05, 4.69) is 10.6 Å². The van der Waals surface area contributed by atoms with Gasteiger partial charge in [0.25, 0.3) is 5.91 Å². The lowest BCUT2D eigenvalue weighted by atomic mass is 10.3. The Bertz CT molecular complexity index is 518. The average Bonchev–Trinajstić information content (AvgIpc) is 2.44. The quantitative estimate of drug-likeness (QED) is 0.676. The van der Waals surface area contributed by atoms with Crippen LogP contribution in [0.1, 0.15) is 6.92 Å². The van der Waals surface area contributed by atoms with Gasteiger partial charge in [0.1, 0.15) is 11.8 Å². The van der Waals surface area contributed by atoms with E-state index in [1.54, 1.807) is 24.3 Å². The Morgan fingerprint density at radius 2 is 1.86 bits per heavy atom. The van der Waals surface area contributed by atoms with E-state index in [9.17, 15) is 14.4 Å². The number of carboxylic acid groups (broad SMARTS) is 1. The maximum Gasteiger partial charge on any atom is 0.325 e. The molecule has 7 nitrogen and oxygen atoms in total. The minimum absolute atomic E-state index is 0.261. The van der Waals surface area contributed by atoms with E-state index in [1.807, 2.05) is 0 Å². The Labute approximate surface area is 126 Å². The number of hydrogen-bond donors (Lipinski definition) is 3. The number of benzene rings is 1. The normalized spacial score (nSPS) is 11.3. The molecular formula is C13H15ClN2O5. The molecule has 3 N–H and O–H groups in total. The van der Waals surface area contributed by atoms with Crippen LogP contribution >= 0.6 is 11.6 Å². The van der Waals surface area contributed by atoms with E-state index < -0.39 is 23.8 Å². The summed E-state index contributed by atoms with van der Waals surface area (Å²) in [5.74, 6) is -1.77. The summed E-state index contributed by atoms with van der Waals surface area (Å²) in [6, 6.07) is 5.44. The first-order valence-electron chi connectivity index (χ1n) is 6.05. The highest BCUT2D eigenvalue weighted by Crippen LogP contribution is 2.15. The van der Waals surface area contributed by atoms with E-state index in [1.165, 1.54) is 6.92 Å². The van der Waals surface area contributed by atoms with Crippen LogP contribution in [0.3, 0.4) is 0 Å². The molecule has 2 amide bonds. The first-order chi connectivity index (χ1) is 9.88. The molecule has 0 saturated carbocycles. The van der Waals surface area contributed by atoms with Crippen LogP contribution in [-0.4, -0.2) is 42.1 Å². The minimum Gasteiger partial charge on any atom is -0.484 e. The molecule has 0 saturated heterocycles. The Kier molecular flexibility index (Phi) is 6.48. The molecule has 0 bridgehead atoms. The van der Waals surface area contributed by atoms with Crippen molar-refractivity contribution in [3.8, 4) is 5.75 Å². The lowest BCUT2D eigenvalue weighted by molar-refractivity contribution is -0.141. The molecule has 1 rings (SSSR count). The fourth-order valence-electron chi connectivity index (χ4n) is 1.26. The highest BCUT2D eigenvalue weighted by atomic mass is 35.5. The lowest BCUT2D eigenvalue weighted by Crippen LogP contribution is -2.44. The number of carbonyl (C=O) groups excluding carboxylic acids is 2. The Morgan fingerprint density at radius 1 is 1.24 bits per heavy atom. The van der Waals surface area contributed by atoms with Crippen LogP contribution in [0.4, 0.5) is 0 Å². The second-order valence-electron chi connectivity index (χ2n) is 4.15. The third-order valence-corrected chi connectivity index (χ3v) is 2.63. The van der Waals surface area contributed by atoms with Crippen LogP contribution in [0, 0.1) is 0 Å². The molecule has 8 heteroatoms. The van der Waals surface area contributed by atoms with E-state index in [0.29, 0.717) is 10.8 Å². The molecule has 0 heterocycles. The number of amides is 2. The number of carbonyl (C=O) groups is 3. The molecule has 1 atom stereocenters. The van der Waals surface area contributed by atoms with Gasteiger partial charge in [-0.2, -0.15) is 0 Å². The predicted molar refractivity (Wildman–Crippen MR) is 75.2 cm³/mol. The number of halogens is 1. The van der Waals surface area contributed by atoms with Gasteiger partial charge in [-0.15, -0.1) is 0 Å². The zero-order chi connectivity index (χ0) is 15.8. The van der Waals surface area contributed by atoms with Gasteiger partial charge in [0, 0.05) is 5.02 Å². The van der Waals surface area contributed by atoms with Crippen molar-refractivity contribution in [1.29, 1.82) is 0 Å². The number of aliphatic carboxylic acids is 1. The summed E-state index contributed by atoms with van der Waals surface area (Å²) < 4.78 is 5.18. The van der Waals surface area contributed by atoms with Crippen LogP contribution in [0.2, 0.25) is 5.02 Å². The van der Waals surface area contributed by atoms with Crippen LogP contribution in [-0.2, 0) is 14.4 Å². The summed E-state index contributed by atoms with van der Waals surface area (Å²) in [7, 11) is 0. The Balaban J connectivity index is 2.26. The monoisotopic (exact) mass is 314 g/mol. The van der Waals surface area contributed by atoms with Crippen molar-refractivity contribution in [2.45, 2.75) is 13.0 Å². The standard InChI is InChI=1S/C13H15ClN2O5/c1-8(13(19)20)16-11(17)6-15-12(18)7-21-10-4-2-9(14)3-5-10/h2-5,8H,6-7H2,1H3,(H,15,18)(H,16,17)(H,19,20). The zero-order valence-corrected chi connectivity index (χ0v) is 12.0. The fraction of sp³-hybridized carbons (Fsp3) is 0.308. The van der Waals surface area contributed by atoms with Crippen molar-refractivity contribution < 1.29 is 24.2 Å². The summed E-state index contributed by atoms with van der Waals surface area (Å²) in [5.41, 5.74) is 0. The number of carboxylic acids is 1. The first-order valence-corrected chi connectivity index (χ1v) is 6.43. The van der Waals surface area contributed by atoms with Gasteiger partial charge in [-0.1, -0.05) is 11.6 Å². The molecule has 0 fully saturated rings. The molecule has 1 unspecified atom stereocenters. The summed E-state index contributed by atoms with van der Waals surface area (Å²) in [4.78, 5) is 33.3. The van der Waals surface area contributed by atoms with Crippen molar-refractivity contribution in [3.63, 3.8) is 0 Å². The number of nitrogens with one attached hydrogen (secondary N) is 2. The smallest absolute Gasteiger partial charge is 0.325 e. The maximum absolute atomic E-state index is 11.4. The molecular weight excluding hydrogens is 300 g/mol. The maximum atomic E-state index is 11.4. The van der Waals surface area contributed by atoms with Crippen molar-refractivity contribution in [2.75, 3.05) is 13.2 Å². The van der Waals surface area contributed by atoms with Gasteiger partial charge in [0.05, 0.1) is 6.54 Å². The van der Waals surface area contributed by atoms with Crippen molar-refractivity contribution >= 4 is 29.4 Å². The number of ether oxygens (including phenoxy) is 1. The summed E-state index contributed by atoms with van der Waals surface area (Å²) in [6.45, 7) is 0.746. The van der Waals surface area contributed by atoms with Gasteiger partial charge < -0.3 is 20.5 Å². The van der Waals surface area contributed by atoms with E-state index in [-0.39, 0.29) is 13.2 Å². The zero-order valence-electron chi connectivity index (χ0n) is 11.3. The van der Waals surface area contributed by atoms with Crippen LogP contribution < -0.4 is 15.4 Å². The molecule has 0 spiro atoms. The Morgan fingerprint density at radius 3 is 2.43 bits per heavy atom. The van der Waals surface area contributed by atoms with Crippen LogP contribution in [0.5, 0.6) is 5.75 Å². The molecule has 1 aromatic carbocycles. The topological polar surface area (TPSA) is 105 Å². The summed E-state index contributed by atoms with van der Waals surface area (Å²) in [5, 5.41) is 13.7. The third-order valence-electron chi connectivity index (χ3n) is 2.38. The van der Waals surface area contributed by atoms with Crippen molar-refractivity contribution in [1.82, 2.24) is 10.6 Å². The van der Waals surface area contributed by atoms with Gasteiger partial charge >= 0.3 is 5.97 Å². The highest BCUT2D eigenvalue weighted by molar-refractivity contribution is 6.30. The molecule has 0 aliphatic rings. The van der Waals surface area contributed by atoms with Gasteiger partial charge in [0.15, 0.2) is 6.61 Å².